The molecule has 1 aromatic rings. The number of benzene rings is 1. The lowest BCUT2D eigenvalue weighted by molar-refractivity contribution is -0.141. The fraction of sp³-hybridized carbons (Fsp3) is 0.417. The van der Waals surface area contributed by atoms with Gasteiger partial charge in [-0.15, -0.1) is 0 Å². The maximum absolute atomic E-state index is 10.6. The number of hydrogen-bond donors (Lipinski definition) is 1. The molecule has 0 radical (unpaired) electrons. The van der Waals surface area contributed by atoms with Crippen LogP contribution < -0.4 is 0 Å². The summed E-state index contributed by atoms with van der Waals surface area (Å²) >= 11 is 5.99. The third kappa shape index (κ3) is 3.92. The lowest BCUT2D eigenvalue weighted by Gasteiger charge is -2.06. The van der Waals surface area contributed by atoms with E-state index in [1.54, 1.807) is 6.92 Å². The van der Waals surface area contributed by atoms with E-state index in [4.69, 9.17) is 16.7 Å². The van der Waals surface area contributed by atoms with Crippen molar-refractivity contribution in [3.63, 3.8) is 0 Å². The van der Waals surface area contributed by atoms with Crippen LogP contribution in [0.5, 0.6) is 0 Å². The summed E-state index contributed by atoms with van der Waals surface area (Å²) in [7, 11) is 0. The van der Waals surface area contributed by atoms with E-state index in [9.17, 15) is 4.79 Å². The summed E-state index contributed by atoms with van der Waals surface area (Å²) in [5.41, 5.74) is 1.09. The molecule has 0 aliphatic rings. The van der Waals surface area contributed by atoms with Crippen LogP contribution in [0, 0.1) is 5.92 Å². The van der Waals surface area contributed by atoms with E-state index in [2.05, 4.69) is 0 Å². The third-order valence-corrected chi connectivity index (χ3v) is 2.83. The van der Waals surface area contributed by atoms with Crippen molar-refractivity contribution in [3.05, 3.63) is 34.9 Å². The fourth-order valence-electron chi connectivity index (χ4n) is 1.42. The predicted octanol–water partition coefficient (Wildman–Crippen LogP) is 3.38. The molecule has 0 heterocycles. The summed E-state index contributed by atoms with van der Waals surface area (Å²) in [4.78, 5) is 10.6. The first kappa shape index (κ1) is 12.1. The molecule has 2 nitrogen and oxygen atoms in total. The first-order valence-electron chi connectivity index (χ1n) is 5.07. The van der Waals surface area contributed by atoms with Crippen molar-refractivity contribution >= 4 is 17.6 Å². The van der Waals surface area contributed by atoms with Crippen molar-refractivity contribution in [2.45, 2.75) is 26.2 Å². The van der Waals surface area contributed by atoms with Gasteiger partial charge in [-0.3, -0.25) is 4.79 Å². The van der Waals surface area contributed by atoms with Crippen LogP contribution in [0.25, 0.3) is 0 Å². The van der Waals surface area contributed by atoms with E-state index in [0.29, 0.717) is 6.42 Å². The number of hydrogen-bond acceptors (Lipinski definition) is 1. The maximum Gasteiger partial charge on any atom is 0.306 e. The molecule has 0 bridgehead atoms. The van der Waals surface area contributed by atoms with Crippen LogP contribution in [-0.4, -0.2) is 11.1 Å². The summed E-state index contributed by atoms with van der Waals surface area (Å²) in [6.07, 6.45) is 2.40. The summed E-state index contributed by atoms with van der Waals surface area (Å²) in [5, 5.41) is 9.47. The zero-order valence-electron chi connectivity index (χ0n) is 8.74. The number of rotatable bonds is 5. The number of carbonyl (C=O) groups is 1. The molecule has 0 fully saturated rings. The first-order chi connectivity index (χ1) is 7.11. The van der Waals surface area contributed by atoms with Crippen molar-refractivity contribution < 1.29 is 9.90 Å². The van der Waals surface area contributed by atoms with Crippen LogP contribution >= 0.6 is 11.6 Å². The van der Waals surface area contributed by atoms with Gasteiger partial charge in [0, 0.05) is 5.02 Å². The number of halogens is 1. The summed E-state index contributed by atoms with van der Waals surface area (Å²) < 4.78 is 0. The smallest absolute Gasteiger partial charge is 0.306 e. The van der Waals surface area contributed by atoms with Crippen LogP contribution in [0.15, 0.2) is 24.3 Å². The first-order valence-corrected chi connectivity index (χ1v) is 5.45. The van der Waals surface area contributed by atoms with Gasteiger partial charge in [0.25, 0.3) is 0 Å². The van der Waals surface area contributed by atoms with E-state index >= 15 is 0 Å². The zero-order chi connectivity index (χ0) is 11.3. The molecule has 1 unspecified atom stereocenters. The highest BCUT2D eigenvalue weighted by molar-refractivity contribution is 6.31. The second-order valence-corrected chi connectivity index (χ2v) is 4.13. The van der Waals surface area contributed by atoms with Gasteiger partial charge < -0.3 is 5.11 Å². The van der Waals surface area contributed by atoms with Gasteiger partial charge in [-0.05, 0) is 30.9 Å². The van der Waals surface area contributed by atoms with Crippen LogP contribution in [0.4, 0.5) is 0 Å². The molecule has 0 aliphatic heterocycles. The minimum Gasteiger partial charge on any atom is -0.481 e. The van der Waals surface area contributed by atoms with Crippen molar-refractivity contribution in [1.82, 2.24) is 0 Å². The van der Waals surface area contributed by atoms with Crippen LogP contribution in [0.3, 0.4) is 0 Å². The minimum absolute atomic E-state index is 0.271. The van der Waals surface area contributed by atoms with Crippen LogP contribution in [-0.2, 0) is 11.2 Å². The van der Waals surface area contributed by atoms with Gasteiger partial charge in [-0.1, -0.05) is 36.7 Å². The van der Waals surface area contributed by atoms with E-state index in [-0.39, 0.29) is 5.92 Å². The Kier molecular flexibility index (Phi) is 4.63. The van der Waals surface area contributed by atoms with Crippen molar-refractivity contribution in [3.8, 4) is 0 Å². The lowest BCUT2D eigenvalue weighted by Crippen LogP contribution is -2.09. The van der Waals surface area contributed by atoms with Gasteiger partial charge in [-0.2, -0.15) is 0 Å². The molecule has 1 atom stereocenters. The average Bonchev–Trinajstić information content (AvgIpc) is 2.20. The Balaban J connectivity index is 2.38. The monoisotopic (exact) mass is 226 g/mol. The predicted molar refractivity (Wildman–Crippen MR) is 61.2 cm³/mol. The second-order valence-electron chi connectivity index (χ2n) is 3.72. The number of carboxylic acid groups (broad SMARTS) is 1. The largest absolute Gasteiger partial charge is 0.481 e. The summed E-state index contributed by atoms with van der Waals surface area (Å²) in [6, 6.07) is 7.68. The van der Waals surface area contributed by atoms with E-state index in [1.165, 1.54) is 0 Å². The SMILES string of the molecule is CC(CCCc1ccccc1Cl)C(=O)O. The maximum atomic E-state index is 10.6. The fourth-order valence-corrected chi connectivity index (χ4v) is 1.65. The molecule has 0 spiro atoms. The molecule has 15 heavy (non-hydrogen) atoms. The molecule has 82 valence electrons. The molecule has 0 amide bonds. The Hall–Kier alpha value is -1.02. The molecule has 1 N–H and O–H groups in total. The summed E-state index contributed by atoms with van der Waals surface area (Å²) in [5.74, 6) is -0.998. The highest BCUT2D eigenvalue weighted by atomic mass is 35.5. The molecule has 3 heteroatoms. The second kappa shape index (κ2) is 5.76. The molecule has 0 saturated carbocycles. The van der Waals surface area contributed by atoms with Gasteiger partial charge in [0.05, 0.1) is 5.92 Å². The molecule has 0 saturated heterocycles. The normalized spacial score (nSPS) is 12.4. The highest BCUT2D eigenvalue weighted by Gasteiger charge is 2.10. The van der Waals surface area contributed by atoms with E-state index in [1.807, 2.05) is 24.3 Å². The van der Waals surface area contributed by atoms with Crippen LogP contribution in [0.1, 0.15) is 25.3 Å². The highest BCUT2D eigenvalue weighted by Crippen LogP contribution is 2.18. The van der Waals surface area contributed by atoms with Gasteiger partial charge in [0.1, 0.15) is 0 Å². The Labute approximate surface area is 94.9 Å². The Morgan fingerprint density at radius 2 is 2.13 bits per heavy atom. The molecular weight excluding hydrogens is 212 g/mol. The zero-order valence-corrected chi connectivity index (χ0v) is 9.50. The minimum atomic E-state index is -0.728. The van der Waals surface area contributed by atoms with Crippen molar-refractivity contribution in [2.75, 3.05) is 0 Å². The van der Waals surface area contributed by atoms with Crippen molar-refractivity contribution in [2.24, 2.45) is 5.92 Å². The molecule has 0 aromatic heterocycles. The van der Waals surface area contributed by atoms with E-state index < -0.39 is 5.97 Å². The Morgan fingerprint density at radius 3 is 2.73 bits per heavy atom. The lowest BCUT2D eigenvalue weighted by atomic mass is 10.0. The molecule has 0 aliphatic carbocycles. The van der Waals surface area contributed by atoms with Crippen molar-refractivity contribution in [1.29, 1.82) is 0 Å². The quantitative estimate of drug-likeness (QED) is 0.836. The Morgan fingerprint density at radius 1 is 1.47 bits per heavy atom. The topological polar surface area (TPSA) is 37.3 Å². The molecule has 1 rings (SSSR count). The standard InChI is InChI=1S/C12H15ClO2/c1-9(12(14)15)5-4-7-10-6-2-3-8-11(10)13/h2-3,6,8-9H,4-5,7H2,1H3,(H,14,15). The van der Waals surface area contributed by atoms with E-state index in [0.717, 1.165) is 23.4 Å². The average molecular weight is 227 g/mol. The molecule has 1 aromatic carbocycles. The van der Waals surface area contributed by atoms with Gasteiger partial charge in [0.2, 0.25) is 0 Å². The molecular formula is C12H15ClO2. The number of carboxylic acids is 1. The van der Waals surface area contributed by atoms with Crippen LogP contribution in [0.2, 0.25) is 5.02 Å². The number of aliphatic carboxylic acids is 1. The Bertz CT molecular complexity index is 336. The van der Waals surface area contributed by atoms with Gasteiger partial charge >= 0.3 is 5.97 Å². The summed E-state index contributed by atoms with van der Waals surface area (Å²) in [6.45, 7) is 1.73. The van der Waals surface area contributed by atoms with Gasteiger partial charge in [0.15, 0.2) is 0 Å². The third-order valence-electron chi connectivity index (χ3n) is 2.46. The number of aryl methyl sites for hydroxylation is 1. The van der Waals surface area contributed by atoms with Gasteiger partial charge in [-0.25, -0.2) is 0 Å².